The smallest absolute Gasteiger partial charge is 0.210 e. The van der Waals surface area contributed by atoms with Crippen LogP contribution in [0.15, 0.2) is 146 Å². The first-order valence-corrected chi connectivity index (χ1v) is 16.4. The van der Waals surface area contributed by atoms with Crippen molar-refractivity contribution in [2.24, 2.45) is 0 Å². The van der Waals surface area contributed by atoms with Gasteiger partial charge in [0.2, 0.25) is 5.69 Å². The number of hydrogen-bond acceptors (Lipinski definition) is 1. The number of aryl methyl sites for hydroxylation is 1. The molecule has 0 bridgehead atoms. The van der Waals surface area contributed by atoms with Crippen LogP contribution >= 0.6 is 0 Å². The Balaban J connectivity index is 1.25. The highest BCUT2D eigenvalue weighted by Gasteiger charge is 2.47. The third kappa shape index (κ3) is 4.67. The van der Waals surface area contributed by atoms with Gasteiger partial charge in [0, 0.05) is 41.6 Å². The van der Waals surface area contributed by atoms with Crippen LogP contribution in [0.2, 0.25) is 0 Å². The van der Waals surface area contributed by atoms with E-state index in [1.807, 2.05) is 0 Å². The molecule has 5 aromatic rings. The Bertz CT molecular complexity index is 2120. The summed E-state index contributed by atoms with van der Waals surface area (Å²) in [7, 11) is 4.41. The second-order valence-corrected chi connectivity index (χ2v) is 13.5. The highest BCUT2D eigenvalue weighted by molar-refractivity contribution is 6.08. The summed E-state index contributed by atoms with van der Waals surface area (Å²) in [5, 5.41) is 5.23. The molecule has 0 amide bonds. The first-order chi connectivity index (χ1) is 22.3. The van der Waals surface area contributed by atoms with Gasteiger partial charge in [-0.2, -0.15) is 4.58 Å². The molecule has 0 saturated carbocycles. The van der Waals surface area contributed by atoms with Crippen LogP contribution in [0.5, 0.6) is 0 Å². The molecule has 0 aromatic heterocycles. The average Bonchev–Trinajstić information content (AvgIpc) is 3.41. The molecule has 7 rings (SSSR count). The number of allylic oxidation sites excluding steroid dienone is 7. The van der Waals surface area contributed by atoms with E-state index in [-0.39, 0.29) is 10.8 Å². The van der Waals surface area contributed by atoms with Crippen LogP contribution in [0.1, 0.15) is 42.5 Å². The van der Waals surface area contributed by atoms with Gasteiger partial charge in [-0.1, -0.05) is 109 Å². The standard InChI is InChI=1S/C44H43N2/c1-7-29-43(3)39(45(5)37-27-25-33-15-11-13-17-35(33)41(37)43)19-9-8-10-20-40-44(4,30-32-23-21-31(2)22-24-32)42-36-18-14-12-16-34(36)26-28-38(42)46(40)6/h7-28H,1,29-30H2,2-6H3/q+1. The molecule has 0 spiro atoms. The lowest BCUT2D eigenvalue weighted by Gasteiger charge is -2.28. The molecule has 0 N–H and O–H groups in total. The topological polar surface area (TPSA) is 6.25 Å². The zero-order chi connectivity index (χ0) is 32.1. The van der Waals surface area contributed by atoms with Crippen molar-refractivity contribution in [1.82, 2.24) is 0 Å². The van der Waals surface area contributed by atoms with Gasteiger partial charge in [-0.05, 0) is 84.5 Å². The van der Waals surface area contributed by atoms with Gasteiger partial charge in [0.05, 0.1) is 5.41 Å². The van der Waals surface area contributed by atoms with E-state index in [4.69, 9.17) is 0 Å². The number of likely N-dealkylation sites (N-methyl/N-ethyl adjacent to an activating group) is 1. The Morgan fingerprint density at radius 2 is 1.39 bits per heavy atom. The maximum Gasteiger partial charge on any atom is 0.210 e. The molecule has 2 unspecified atom stereocenters. The summed E-state index contributed by atoms with van der Waals surface area (Å²) in [6, 6.07) is 35.7. The Morgan fingerprint density at radius 1 is 0.739 bits per heavy atom. The van der Waals surface area contributed by atoms with E-state index < -0.39 is 0 Å². The molecular formula is C44H43N2+. The third-order valence-electron chi connectivity index (χ3n) is 10.5. The number of hydrogen-bond donors (Lipinski definition) is 0. The van der Waals surface area contributed by atoms with Crippen molar-refractivity contribution in [3.05, 3.63) is 168 Å². The van der Waals surface area contributed by atoms with E-state index in [1.54, 1.807) is 0 Å². The van der Waals surface area contributed by atoms with Gasteiger partial charge < -0.3 is 4.90 Å². The number of fused-ring (bicyclic) bond motifs is 6. The van der Waals surface area contributed by atoms with Gasteiger partial charge >= 0.3 is 0 Å². The predicted octanol–water partition coefficient (Wildman–Crippen LogP) is 10.5. The Morgan fingerprint density at radius 3 is 2.09 bits per heavy atom. The molecule has 0 fully saturated rings. The van der Waals surface area contributed by atoms with Gasteiger partial charge in [0.15, 0.2) is 5.71 Å². The van der Waals surface area contributed by atoms with Crippen LogP contribution in [-0.4, -0.2) is 24.4 Å². The largest absolute Gasteiger partial charge is 0.347 e. The lowest BCUT2D eigenvalue weighted by molar-refractivity contribution is -0.401. The summed E-state index contributed by atoms with van der Waals surface area (Å²) < 4.78 is 2.40. The van der Waals surface area contributed by atoms with Crippen LogP contribution < -0.4 is 4.90 Å². The van der Waals surface area contributed by atoms with Gasteiger partial charge in [-0.25, -0.2) is 0 Å². The van der Waals surface area contributed by atoms with E-state index in [0.717, 1.165) is 12.8 Å². The fraction of sp³-hybridized carbons (Fsp3) is 0.205. The summed E-state index contributed by atoms with van der Waals surface area (Å²) in [6.07, 6.45) is 15.1. The Kier molecular flexibility index (Phi) is 7.40. The third-order valence-corrected chi connectivity index (χ3v) is 10.5. The maximum absolute atomic E-state index is 4.14. The molecule has 2 aliphatic rings. The minimum atomic E-state index is -0.181. The number of benzene rings is 5. The highest BCUT2D eigenvalue weighted by atomic mass is 15.2. The number of anilines is 1. The van der Waals surface area contributed by atoms with Gasteiger partial charge in [-0.15, -0.1) is 6.58 Å². The van der Waals surface area contributed by atoms with Crippen LogP contribution in [0.3, 0.4) is 0 Å². The van der Waals surface area contributed by atoms with E-state index in [1.165, 1.54) is 66.6 Å². The van der Waals surface area contributed by atoms with Gasteiger partial charge in [0.25, 0.3) is 0 Å². The molecule has 2 atom stereocenters. The molecular weight excluding hydrogens is 556 g/mol. The van der Waals surface area contributed by atoms with E-state index in [2.05, 4.69) is 184 Å². The monoisotopic (exact) mass is 599 g/mol. The van der Waals surface area contributed by atoms with Gasteiger partial charge in [0.1, 0.15) is 7.05 Å². The van der Waals surface area contributed by atoms with Crippen LogP contribution in [0.25, 0.3) is 21.5 Å². The van der Waals surface area contributed by atoms with Gasteiger partial charge in [-0.3, -0.25) is 0 Å². The SMILES string of the molecule is C=CCC1(C)C(=CC=CC=CC2=[N+](C)c3ccc4ccccc4c3C2(C)Cc2ccc(C)cc2)N(C)c2ccc3ccccc3c21. The average molecular weight is 600 g/mol. The molecule has 0 saturated heterocycles. The predicted molar refractivity (Wildman–Crippen MR) is 198 cm³/mol. The molecule has 2 heterocycles. The second-order valence-electron chi connectivity index (χ2n) is 13.5. The molecule has 5 aromatic carbocycles. The lowest BCUT2D eigenvalue weighted by Crippen LogP contribution is -2.33. The molecule has 2 heteroatoms. The first-order valence-electron chi connectivity index (χ1n) is 16.4. The van der Waals surface area contributed by atoms with Crippen LogP contribution in [0.4, 0.5) is 11.4 Å². The Hall–Kier alpha value is -4.95. The van der Waals surface area contributed by atoms with Crippen molar-refractivity contribution >= 4 is 38.6 Å². The highest BCUT2D eigenvalue weighted by Crippen LogP contribution is 2.52. The quantitative estimate of drug-likeness (QED) is 0.102. The normalized spacial score (nSPS) is 21.8. The maximum atomic E-state index is 4.14. The summed E-state index contributed by atoms with van der Waals surface area (Å²) >= 11 is 0. The molecule has 228 valence electrons. The van der Waals surface area contributed by atoms with Crippen LogP contribution in [-0.2, 0) is 17.3 Å². The molecule has 2 nitrogen and oxygen atoms in total. The second kappa shape index (κ2) is 11.4. The van der Waals surface area contributed by atoms with E-state index in [9.17, 15) is 0 Å². The fourth-order valence-electron chi connectivity index (χ4n) is 8.23. The molecule has 46 heavy (non-hydrogen) atoms. The zero-order valence-electron chi connectivity index (χ0n) is 27.7. The summed E-state index contributed by atoms with van der Waals surface area (Å²) in [5.74, 6) is 0. The zero-order valence-corrected chi connectivity index (χ0v) is 27.7. The van der Waals surface area contributed by atoms with Crippen molar-refractivity contribution in [3.8, 4) is 0 Å². The number of rotatable bonds is 7. The van der Waals surface area contributed by atoms with Crippen molar-refractivity contribution < 1.29 is 4.58 Å². The van der Waals surface area contributed by atoms with Crippen molar-refractivity contribution in [2.45, 2.75) is 44.4 Å². The number of nitrogens with zero attached hydrogens (tertiary/aromatic N) is 2. The van der Waals surface area contributed by atoms with Crippen LogP contribution in [0, 0.1) is 6.92 Å². The summed E-state index contributed by atoms with van der Waals surface area (Å²) in [4.78, 5) is 2.36. The molecule has 0 aliphatic carbocycles. The van der Waals surface area contributed by atoms with Crippen molar-refractivity contribution in [3.63, 3.8) is 0 Å². The fourth-order valence-corrected chi connectivity index (χ4v) is 8.23. The van der Waals surface area contributed by atoms with Crippen molar-refractivity contribution in [1.29, 1.82) is 0 Å². The molecule has 0 radical (unpaired) electrons. The summed E-state index contributed by atoms with van der Waals surface area (Å²) in [5.41, 5.74) is 10.3. The summed E-state index contributed by atoms with van der Waals surface area (Å²) in [6.45, 7) is 11.1. The lowest BCUT2D eigenvalue weighted by atomic mass is 9.73. The van der Waals surface area contributed by atoms with Crippen molar-refractivity contribution in [2.75, 3.05) is 19.0 Å². The van der Waals surface area contributed by atoms with E-state index in [0.29, 0.717) is 0 Å². The Labute approximate surface area is 274 Å². The first kappa shape index (κ1) is 29.7. The van der Waals surface area contributed by atoms with E-state index >= 15 is 0 Å². The minimum Gasteiger partial charge on any atom is -0.347 e. The molecule has 2 aliphatic heterocycles. The minimum absolute atomic E-state index is 0.156.